The summed E-state index contributed by atoms with van der Waals surface area (Å²) in [5.41, 5.74) is 1.44. The molecule has 0 saturated heterocycles. The summed E-state index contributed by atoms with van der Waals surface area (Å²) in [6.45, 7) is 1.75. The highest BCUT2D eigenvalue weighted by Gasteiger charge is 2.07. The Labute approximate surface area is 114 Å². The number of allylic oxidation sites excluding steroid dienone is 1. The van der Waals surface area contributed by atoms with Gasteiger partial charge in [-0.15, -0.1) is 0 Å². The number of aryl methyl sites for hydroxylation is 1. The maximum atomic E-state index is 11.6. The van der Waals surface area contributed by atoms with Crippen molar-refractivity contribution in [2.24, 2.45) is 0 Å². The van der Waals surface area contributed by atoms with Crippen molar-refractivity contribution in [1.82, 2.24) is 0 Å². The van der Waals surface area contributed by atoms with Gasteiger partial charge in [0.2, 0.25) is 5.78 Å². The Morgan fingerprint density at radius 2 is 2.20 bits per heavy atom. The Morgan fingerprint density at radius 1 is 1.40 bits per heavy atom. The molecule has 0 atom stereocenters. The van der Waals surface area contributed by atoms with Gasteiger partial charge in [0.1, 0.15) is 0 Å². The molecule has 0 unspecified atom stereocenters. The highest BCUT2D eigenvalue weighted by Crippen LogP contribution is 2.21. The number of carbonyl (C=O) groups excluding carboxylic acids is 1. The second kappa shape index (κ2) is 5.83. The lowest BCUT2D eigenvalue weighted by Gasteiger charge is -2.04. The van der Waals surface area contributed by atoms with Crippen molar-refractivity contribution in [1.29, 1.82) is 0 Å². The molecule has 0 spiro atoms. The van der Waals surface area contributed by atoms with E-state index in [1.807, 2.05) is 0 Å². The minimum Gasteiger partial charge on any atom is -0.461 e. The maximum absolute atomic E-state index is 11.6. The molecule has 2 aromatic rings. The number of benzene rings is 1. The van der Waals surface area contributed by atoms with Crippen LogP contribution >= 0.6 is 0 Å². The first-order valence-corrected chi connectivity index (χ1v) is 5.84. The highest BCUT2D eigenvalue weighted by atomic mass is 16.6. The van der Waals surface area contributed by atoms with Crippen LogP contribution in [-0.4, -0.2) is 10.7 Å². The first kappa shape index (κ1) is 13.5. The minimum absolute atomic E-state index is 0.0312. The van der Waals surface area contributed by atoms with Gasteiger partial charge >= 0.3 is 0 Å². The smallest absolute Gasteiger partial charge is 0.269 e. The zero-order valence-electron chi connectivity index (χ0n) is 10.7. The summed E-state index contributed by atoms with van der Waals surface area (Å²) in [4.78, 5) is 21.8. The molecule has 1 aromatic carbocycles. The summed E-state index contributed by atoms with van der Waals surface area (Å²) < 4.78 is 4.96. The lowest BCUT2D eigenvalue weighted by molar-refractivity contribution is -0.384. The fraction of sp³-hybridized carbons (Fsp3) is 0.0714. The van der Waals surface area contributed by atoms with E-state index in [0.29, 0.717) is 11.3 Å². The van der Waals surface area contributed by atoms with Crippen molar-refractivity contribution in [2.75, 3.05) is 5.32 Å². The van der Waals surface area contributed by atoms with Crippen LogP contribution in [0.3, 0.4) is 0 Å². The number of hydrogen-bond donors (Lipinski definition) is 1. The molecule has 0 bridgehead atoms. The average Bonchev–Trinajstić information content (AvgIpc) is 2.94. The fourth-order valence-electron chi connectivity index (χ4n) is 1.63. The van der Waals surface area contributed by atoms with Gasteiger partial charge in [0.25, 0.3) is 5.69 Å². The molecule has 1 aromatic heterocycles. The molecule has 0 aliphatic carbocycles. The van der Waals surface area contributed by atoms with Crippen LogP contribution in [-0.2, 0) is 0 Å². The van der Waals surface area contributed by atoms with Crippen LogP contribution in [0.25, 0.3) is 0 Å². The van der Waals surface area contributed by atoms with Gasteiger partial charge in [0.15, 0.2) is 5.76 Å². The Morgan fingerprint density at radius 3 is 2.80 bits per heavy atom. The molecule has 0 aliphatic rings. The van der Waals surface area contributed by atoms with Crippen molar-refractivity contribution in [3.63, 3.8) is 0 Å². The number of nitrogens with one attached hydrogen (secondary N) is 1. The predicted octanol–water partition coefficient (Wildman–Crippen LogP) is 3.30. The third-order valence-corrected chi connectivity index (χ3v) is 2.66. The number of anilines is 1. The van der Waals surface area contributed by atoms with Gasteiger partial charge in [-0.1, -0.05) is 0 Å². The van der Waals surface area contributed by atoms with E-state index in [1.165, 1.54) is 30.7 Å². The van der Waals surface area contributed by atoms with Crippen molar-refractivity contribution in [3.8, 4) is 0 Å². The van der Waals surface area contributed by atoms with Gasteiger partial charge in [-0.2, -0.15) is 0 Å². The molecule has 6 heteroatoms. The lowest BCUT2D eigenvalue weighted by atomic mass is 10.2. The highest BCUT2D eigenvalue weighted by molar-refractivity contribution is 6.02. The molecule has 0 fully saturated rings. The number of hydrogen-bond acceptors (Lipinski definition) is 5. The number of carbonyl (C=O) groups is 1. The first-order chi connectivity index (χ1) is 9.58. The van der Waals surface area contributed by atoms with E-state index in [9.17, 15) is 14.9 Å². The van der Waals surface area contributed by atoms with E-state index in [2.05, 4.69) is 5.32 Å². The monoisotopic (exact) mass is 272 g/mol. The molecule has 0 radical (unpaired) electrons. The molecule has 1 heterocycles. The zero-order chi connectivity index (χ0) is 14.5. The van der Waals surface area contributed by atoms with Crippen molar-refractivity contribution < 1.29 is 14.1 Å². The summed E-state index contributed by atoms with van der Waals surface area (Å²) in [6, 6.07) is 7.66. The molecule has 0 amide bonds. The summed E-state index contributed by atoms with van der Waals surface area (Å²) in [5.74, 6) is -0.00876. The largest absolute Gasteiger partial charge is 0.461 e. The molecule has 1 N–H and O–H groups in total. The molecule has 102 valence electrons. The second-order valence-electron chi connectivity index (χ2n) is 4.08. The standard InChI is InChI=1S/C14H12N2O4/c1-10-9-11(16(18)19)4-5-12(10)15-7-6-13(17)14-3-2-8-20-14/h2-9,15H,1H3/b7-6+. The van der Waals surface area contributed by atoms with Crippen LogP contribution in [0.2, 0.25) is 0 Å². The summed E-state index contributed by atoms with van der Waals surface area (Å²) in [6.07, 6.45) is 4.23. The molecule has 2 rings (SSSR count). The Balaban J connectivity index is 2.04. The zero-order valence-corrected chi connectivity index (χ0v) is 10.7. The summed E-state index contributed by atoms with van der Waals surface area (Å²) in [5, 5.41) is 13.5. The van der Waals surface area contributed by atoms with Crippen LogP contribution in [0.15, 0.2) is 53.3 Å². The normalized spacial score (nSPS) is 10.7. The first-order valence-electron chi connectivity index (χ1n) is 5.84. The van der Waals surface area contributed by atoms with Crippen LogP contribution in [0.1, 0.15) is 16.1 Å². The second-order valence-corrected chi connectivity index (χ2v) is 4.08. The number of rotatable bonds is 5. The summed E-state index contributed by atoms with van der Waals surface area (Å²) >= 11 is 0. The SMILES string of the molecule is Cc1cc([N+](=O)[O-])ccc1N/C=C/C(=O)c1ccco1. The lowest BCUT2D eigenvalue weighted by Crippen LogP contribution is -1.96. The van der Waals surface area contributed by atoms with E-state index >= 15 is 0 Å². The van der Waals surface area contributed by atoms with Crippen LogP contribution < -0.4 is 5.32 Å². The topological polar surface area (TPSA) is 85.4 Å². The molecule has 6 nitrogen and oxygen atoms in total. The van der Waals surface area contributed by atoms with E-state index in [1.54, 1.807) is 25.1 Å². The predicted molar refractivity (Wildman–Crippen MR) is 73.6 cm³/mol. The number of nitro groups is 1. The quantitative estimate of drug-likeness (QED) is 0.390. The molecular weight excluding hydrogens is 260 g/mol. The van der Waals surface area contributed by atoms with Crippen molar-refractivity contribution in [3.05, 3.63) is 70.3 Å². The van der Waals surface area contributed by atoms with Crippen LogP contribution in [0.4, 0.5) is 11.4 Å². The van der Waals surface area contributed by atoms with Gasteiger partial charge in [0, 0.05) is 30.1 Å². The Hall–Kier alpha value is -2.89. The average molecular weight is 272 g/mol. The fourth-order valence-corrected chi connectivity index (χ4v) is 1.63. The van der Waals surface area contributed by atoms with E-state index < -0.39 is 4.92 Å². The number of nitro benzene ring substituents is 1. The van der Waals surface area contributed by atoms with Gasteiger partial charge in [-0.25, -0.2) is 0 Å². The molecule has 0 aliphatic heterocycles. The number of ketones is 1. The van der Waals surface area contributed by atoms with Gasteiger partial charge < -0.3 is 9.73 Å². The molecule has 20 heavy (non-hydrogen) atoms. The third-order valence-electron chi connectivity index (χ3n) is 2.66. The Bertz CT molecular complexity index is 660. The van der Waals surface area contributed by atoms with Gasteiger partial charge in [-0.3, -0.25) is 14.9 Å². The van der Waals surface area contributed by atoms with Crippen molar-refractivity contribution >= 4 is 17.2 Å². The number of nitrogens with zero attached hydrogens (tertiary/aromatic N) is 1. The van der Waals surface area contributed by atoms with Gasteiger partial charge in [0.05, 0.1) is 11.2 Å². The maximum Gasteiger partial charge on any atom is 0.269 e. The minimum atomic E-state index is -0.451. The van der Waals surface area contributed by atoms with E-state index in [0.717, 1.165) is 0 Å². The van der Waals surface area contributed by atoms with Crippen molar-refractivity contribution in [2.45, 2.75) is 6.92 Å². The van der Waals surface area contributed by atoms with E-state index in [-0.39, 0.29) is 17.2 Å². The molecular formula is C14H12N2O4. The third kappa shape index (κ3) is 3.11. The summed E-state index contributed by atoms with van der Waals surface area (Å²) in [7, 11) is 0. The number of furan rings is 1. The van der Waals surface area contributed by atoms with E-state index in [4.69, 9.17) is 4.42 Å². The molecule has 0 saturated carbocycles. The Kier molecular flexibility index (Phi) is 3.95. The van der Waals surface area contributed by atoms with Crippen LogP contribution in [0, 0.1) is 17.0 Å². The van der Waals surface area contributed by atoms with Gasteiger partial charge in [-0.05, 0) is 30.7 Å². The van der Waals surface area contributed by atoms with Crippen LogP contribution in [0.5, 0.6) is 0 Å². The number of non-ortho nitro benzene ring substituents is 1.